The lowest BCUT2D eigenvalue weighted by atomic mass is 9.91. The summed E-state index contributed by atoms with van der Waals surface area (Å²) in [6, 6.07) is 6.76. The summed E-state index contributed by atoms with van der Waals surface area (Å²) in [4.78, 5) is 26.0. The molecule has 2 rings (SSSR count). The normalized spacial score (nSPS) is 19.5. The summed E-state index contributed by atoms with van der Waals surface area (Å²) in [5, 5.41) is 2.71. The lowest BCUT2D eigenvalue weighted by Crippen LogP contribution is -2.46. The topological polar surface area (TPSA) is 101 Å². The number of nitrogens with zero attached hydrogens (tertiary/aromatic N) is 1. The molecule has 1 fully saturated rings. The molecule has 3 amide bonds. The first-order chi connectivity index (χ1) is 11.4. The maximum absolute atomic E-state index is 12.7. The molecule has 25 heavy (non-hydrogen) atoms. The van der Waals surface area contributed by atoms with Crippen LogP contribution in [0.15, 0.2) is 24.3 Å². The fourth-order valence-electron chi connectivity index (χ4n) is 3.36. The number of halogens is 1. The predicted molar refractivity (Wildman–Crippen MR) is 101 cm³/mol. The SMILES string of the molecule is Cc1ccccc1C(CC(=O)N1CCCC(C(C)N)C1)NC(N)=O.Cl. The van der Waals surface area contributed by atoms with Crippen LogP contribution >= 0.6 is 12.4 Å². The zero-order valence-electron chi connectivity index (χ0n) is 14.9. The molecule has 0 aliphatic carbocycles. The number of carbonyl (C=O) groups is 2. The van der Waals surface area contributed by atoms with Crippen molar-refractivity contribution in [1.29, 1.82) is 0 Å². The van der Waals surface area contributed by atoms with Crippen LogP contribution in [0.3, 0.4) is 0 Å². The number of urea groups is 1. The van der Waals surface area contributed by atoms with Gasteiger partial charge < -0.3 is 21.7 Å². The largest absolute Gasteiger partial charge is 0.352 e. The zero-order valence-corrected chi connectivity index (χ0v) is 15.7. The van der Waals surface area contributed by atoms with Crippen molar-refractivity contribution in [2.45, 2.75) is 45.2 Å². The maximum Gasteiger partial charge on any atom is 0.312 e. The van der Waals surface area contributed by atoms with E-state index in [1.54, 1.807) is 0 Å². The predicted octanol–water partition coefficient (Wildman–Crippen LogP) is 2.10. The van der Waals surface area contributed by atoms with Crippen LogP contribution in [-0.2, 0) is 4.79 Å². The van der Waals surface area contributed by atoms with E-state index in [1.807, 2.05) is 43.0 Å². The number of nitrogens with two attached hydrogens (primary N) is 2. The van der Waals surface area contributed by atoms with Crippen LogP contribution < -0.4 is 16.8 Å². The van der Waals surface area contributed by atoms with Crippen molar-refractivity contribution in [3.8, 4) is 0 Å². The average molecular weight is 369 g/mol. The summed E-state index contributed by atoms with van der Waals surface area (Å²) >= 11 is 0. The van der Waals surface area contributed by atoms with E-state index in [4.69, 9.17) is 11.5 Å². The summed E-state index contributed by atoms with van der Waals surface area (Å²) < 4.78 is 0. The van der Waals surface area contributed by atoms with Gasteiger partial charge in [-0.15, -0.1) is 12.4 Å². The van der Waals surface area contributed by atoms with Crippen LogP contribution in [0, 0.1) is 12.8 Å². The van der Waals surface area contributed by atoms with Crippen LogP contribution in [0.5, 0.6) is 0 Å². The molecule has 7 heteroatoms. The van der Waals surface area contributed by atoms with Gasteiger partial charge in [0, 0.05) is 19.1 Å². The second-order valence-electron chi connectivity index (χ2n) is 6.72. The van der Waals surface area contributed by atoms with Gasteiger partial charge in [0.1, 0.15) is 0 Å². The number of hydrogen-bond donors (Lipinski definition) is 3. The molecule has 0 bridgehead atoms. The first-order valence-electron chi connectivity index (χ1n) is 8.53. The highest BCUT2D eigenvalue weighted by Crippen LogP contribution is 2.24. The smallest absolute Gasteiger partial charge is 0.312 e. The average Bonchev–Trinajstić information content (AvgIpc) is 2.54. The van der Waals surface area contributed by atoms with Gasteiger partial charge >= 0.3 is 6.03 Å². The molecule has 1 aromatic rings. The van der Waals surface area contributed by atoms with E-state index in [2.05, 4.69) is 5.32 Å². The summed E-state index contributed by atoms with van der Waals surface area (Å²) in [5.74, 6) is 0.367. The van der Waals surface area contributed by atoms with Crippen molar-refractivity contribution in [2.75, 3.05) is 13.1 Å². The number of aryl methyl sites for hydroxylation is 1. The van der Waals surface area contributed by atoms with Crippen molar-refractivity contribution >= 4 is 24.3 Å². The molecule has 5 N–H and O–H groups in total. The molecule has 0 spiro atoms. The Morgan fingerprint density at radius 3 is 2.64 bits per heavy atom. The Kier molecular flexibility index (Phi) is 8.19. The van der Waals surface area contributed by atoms with Crippen molar-refractivity contribution in [3.63, 3.8) is 0 Å². The zero-order chi connectivity index (χ0) is 17.7. The number of nitrogens with one attached hydrogen (secondary N) is 1. The number of primary amides is 1. The molecular formula is C18H29ClN4O2. The molecule has 140 valence electrons. The first-order valence-corrected chi connectivity index (χ1v) is 8.53. The molecule has 6 nitrogen and oxygen atoms in total. The highest BCUT2D eigenvalue weighted by Gasteiger charge is 2.28. The Morgan fingerprint density at radius 2 is 2.04 bits per heavy atom. The summed E-state index contributed by atoms with van der Waals surface area (Å²) in [7, 11) is 0. The van der Waals surface area contributed by atoms with E-state index in [-0.39, 0.29) is 30.8 Å². The van der Waals surface area contributed by atoms with Gasteiger partial charge in [0.25, 0.3) is 0 Å². The molecular weight excluding hydrogens is 340 g/mol. The highest BCUT2D eigenvalue weighted by atomic mass is 35.5. The summed E-state index contributed by atoms with van der Waals surface area (Å²) in [6.07, 6.45) is 2.23. The fourth-order valence-corrected chi connectivity index (χ4v) is 3.36. The Labute approximate surface area is 155 Å². The van der Waals surface area contributed by atoms with E-state index in [1.165, 1.54) is 0 Å². The third kappa shape index (κ3) is 5.90. The molecule has 1 saturated heterocycles. The summed E-state index contributed by atoms with van der Waals surface area (Å²) in [6.45, 7) is 5.39. The van der Waals surface area contributed by atoms with Crippen LogP contribution in [0.25, 0.3) is 0 Å². The quantitative estimate of drug-likeness (QED) is 0.741. The minimum absolute atomic E-state index is 0. The van der Waals surface area contributed by atoms with Gasteiger partial charge in [-0.05, 0) is 43.7 Å². The lowest BCUT2D eigenvalue weighted by Gasteiger charge is -2.35. The second-order valence-corrected chi connectivity index (χ2v) is 6.72. The van der Waals surface area contributed by atoms with Crippen LogP contribution in [0.1, 0.15) is 43.4 Å². The monoisotopic (exact) mass is 368 g/mol. The molecule has 0 aromatic heterocycles. The molecule has 3 unspecified atom stereocenters. The Bertz CT molecular complexity index is 594. The van der Waals surface area contributed by atoms with Gasteiger partial charge in [-0.25, -0.2) is 4.79 Å². The van der Waals surface area contributed by atoms with Gasteiger partial charge in [-0.2, -0.15) is 0 Å². The van der Waals surface area contributed by atoms with E-state index >= 15 is 0 Å². The number of benzene rings is 1. The third-order valence-corrected chi connectivity index (χ3v) is 4.81. The lowest BCUT2D eigenvalue weighted by molar-refractivity contribution is -0.133. The Morgan fingerprint density at radius 1 is 1.36 bits per heavy atom. The van der Waals surface area contributed by atoms with E-state index < -0.39 is 12.1 Å². The number of hydrogen-bond acceptors (Lipinski definition) is 3. The molecule has 3 atom stereocenters. The van der Waals surface area contributed by atoms with Gasteiger partial charge in [-0.3, -0.25) is 4.79 Å². The van der Waals surface area contributed by atoms with Crippen LogP contribution in [0.2, 0.25) is 0 Å². The van der Waals surface area contributed by atoms with Crippen molar-refractivity contribution in [3.05, 3.63) is 35.4 Å². The summed E-state index contributed by atoms with van der Waals surface area (Å²) in [5.41, 5.74) is 13.2. The van der Waals surface area contributed by atoms with Gasteiger partial charge in [0.2, 0.25) is 5.91 Å². The van der Waals surface area contributed by atoms with E-state index in [0.717, 1.165) is 30.5 Å². The second kappa shape index (κ2) is 9.63. The Hall–Kier alpha value is -1.79. The van der Waals surface area contributed by atoms with Crippen molar-refractivity contribution < 1.29 is 9.59 Å². The van der Waals surface area contributed by atoms with Crippen molar-refractivity contribution in [2.24, 2.45) is 17.4 Å². The van der Waals surface area contributed by atoms with Gasteiger partial charge in [0.05, 0.1) is 12.5 Å². The molecule has 1 aliphatic rings. The minimum Gasteiger partial charge on any atom is -0.352 e. The molecule has 0 saturated carbocycles. The highest BCUT2D eigenvalue weighted by molar-refractivity contribution is 5.85. The number of likely N-dealkylation sites (tertiary alicyclic amines) is 1. The minimum atomic E-state index is -0.622. The number of amides is 3. The van der Waals surface area contributed by atoms with Gasteiger partial charge in [-0.1, -0.05) is 24.3 Å². The number of piperidine rings is 1. The molecule has 0 radical (unpaired) electrons. The number of carbonyl (C=O) groups excluding carboxylic acids is 2. The fraction of sp³-hybridized carbons (Fsp3) is 0.556. The Balaban J connectivity index is 0.00000312. The van der Waals surface area contributed by atoms with Gasteiger partial charge in [0.15, 0.2) is 0 Å². The maximum atomic E-state index is 12.7. The first kappa shape index (κ1) is 21.3. The van der Waals surface area contributed by atoms with Crippen LogP contribution in [0.4, 0.5) is 4.79 Å². The van der Waals surface area contributed by atoms with E-state index in [0.29, 0.717) is 12.5 Å². The molecule has 1 aromatic carbocycles. The van der Waals surface area contributed by atoms with E-state index in [9.17, 15) is 9.59 Å². The molecule has 1 aliphatic heterocycles. The standard InChI is InChI=1S/C18H28N4O2.ClH/c1-12-6-3-4-8-15(12)16(21-18(20)24)10-17(23)22-9-5-7-14(11-22)13(2)19;/h3-4,6,8,13-14,16H,5,7,9-11,19H2,1-2H3,(H3,20,21,24);1H. The van der Waals surface area contributed by atoms with Crippen molar-refractivity contribution in [1.82, 2.24) is 10.2 Å². The third-order valence-electron chi connectivity index (χ3n) is 4.81. The molecule has 1 heterocycles. The number of rotatable bonds is 5. The van der Waals surface area contributed by atoms with Crippen LogP contribution in [-0.4, -0.2) is 36.0 Å².